The van der Waals surface area contributed by atoms with Gasteiger partial charge >= 0.3 is 5.97 Å². The maximum atomic E-state index is 11.1. The van der Waals surface area contributed by atoms with Gasteiger partial charge in [0.15, 0.2) is 0 Å². The predicted octanol–water partition coefficient (Wildman–Crippen LogP) is 2.61. The molecule has 72 valence electrons. The average Bonchev–Trinajstić information content (AvgIpc) is 2.04. The molecule has 0 atom stereocenters. The standard InChI is InChI=1S/C11H16O2/c1-3-13-11(12)8-10-6-4-5-9(2)7-10/h7-8H,3-6H2,1-2H3/b10-8-. The maximum absolute atomic E-state index is 11.1. The summed E-state index contributed by atoms with van der Waals surface area (Å²) in [5.41, 5.74) is 2.45. The predicted molar refractivity (Wildman–Crippen MR) is 52.3 cm³/mol. The van der Waals surface area contributed by atoms with E-state index in [-0.39, 0.29) is 5.97 Å². The molecule has 0 fully saturated rings. The van der Waals surface area contributed by atoms with Crippen LogP contribution >= 0.6 is 0 Å². The quantitative estimate of drug-likeness (QED) is 0.482. The van der Waals surface area contributed by atoms with Crippen molar-refractivity contribution in [3.63, 3.8) is 0 Å². The zero-order valence-electron chi connectivity index (χ0n) is 8.30. The zero-order chi connectivity index (χ0) is 9.68. The van der Waals surface area contributed by atoms with E-state index in [1.54, 1.807) is 6.08 Å². The van der Waals surface area contributed by atoms with Gasteiger partial charge in [0, 0.05) is 6.08 Å². The van der Waals surface area contributed by atoms with Crippen LogP contribution < -0.4 is 0 Å². The summed E-state index contributed by atoms with van der Waals surface area (Å²) >= 11 is 0. The Bertz CT molecular complexity index is 249. The molecule has 1 aliphatic carbocycles. The van der Waals surface area contributed by atoms with Gasteiger partial charge in [0.2, 0.25) is 0 Å². The van der Waals surface area contributed by atoms with Gasteiger partial charge in [0.05, 0.1) is 6.61 Å². The number of allylic oxidation sites excluding steroid dienone is 3. The minimum atomic E-state index is -0.219. The molecule has 0 heterocycles. The first-order valence-electron chi connectivity index (χ1n) is 4.77. The maximum Gasteiger partial charge on any atom is 0.331 e. The molecule has 0 amide bonds. The van der Waals surface area contributed by atoms with E-state index in [4.69, 9.17) is 4.74 Å². The zero-order valence-corrected chi connectivity index (χ0v) is 8.30. The molecule has 1 aliphatic rings. The lowest BCUT2D eigenvalue weighted by molar-refractivity contribution is -0.137. The fourth-order valence-electron chi connectivity index (χ4n) is 1.48. The van der Waals surface area contributed by atoms with Gasteiger partial charge in [-0.1, -0.05) is 11.6 Å². The van der Waals surface area contributed by atoms with Crippen molar-refractivity contribution in [1.82, 2.24) is 0 Å². The fourth-order valence-corrected chi connectivity index (χ4v) is 1.48. The molecule has 0 bridgehead atoms. The molecular weight excluding hydrogens is 164 g/mol. The van der Waals surface area contributed by atoms with Gasteiger partial charge < -0.3 is 4.74 Å². The molecule has 0 saturated carbocycles. The fraction of sp³-hybridized carbons (Fsp3) is 0.545. The van der Waals surface area contributed by atoms with E-state index in [0.29, 0.717) is 6.61 Å². The van der Waals surface area contributed by atoms with Gasteiger partial charge in [-0.05, 0) is 38.7 Å². The van der Waals surface area contributed by atoms with Crippen LogP contribution in [0.1, 0.15) is 33.1 Å². The second kappa shape index (κ2) is 4.85. The van der Waals surface area contributed by atoms with Crippen LogP contribution in [-0.4, -0.2) is 12.6 Å². The second-order valence-electron chi connectivity index (χ2n) is 3.32. The van der Waals surface area contributed by atoms with E-state index in [9.17, 15) is 4.79 Å². The lowest BCUT2D eigenvalue weighted by Crippen LogP contribution is -2.02. The number of rotatable bonds is 2. The highest BCUT2D eigenvalue weighted by atomic mass is 16.5. The van der Waals surface area contributed by atoms with Gasteiger partial charge in [-0.3, -0.25) is 0 Å². The van der Waals surface area contributed by atoms with E-state index < -0.39 is 0 Å². The third-order valence-corrected chi connectivity index (χ3v) is 2.06. The van der Waals surface area contributed by atoms with E-state index in [1.807, 2.05) is 6.92 Å². The Hall–Kier alpha value is -1.05. The van der Waals surface area contributed by atoms with Crippen molar-refractivity contribution in [2.75, 3.05) is 6.61 Å². The molecule has 13 heavy (non-hydrogen) atoms. The SMILES string of the molecule is CCOC(=O)/C=C1\C=C(C)CCC1. The van der Waals surface area contributed by atoms with Gasteiger partial charge in [-0.2, -0.15) is 0 Å². The van der Waals surface area contributed by atoms with Crippen molar-refractivity contribution in [3.8, 4) is 0 Å². The van der Waals surface area contributed by atoms with E-state index in [0.717, 1.165) is 24.8 Å². The van der Waals surface area contributed by atoms with Crippen molar-refractivity contribution < 1.29 is 9.53 Å². The molecule has 0 aliphatic heterocycles. The first kappa shape index (κ1) is 10.0. The van der Waals surface area contributed by atoms with Crippen LogP contribution in [0.3, 0.4) is 0 Å². The molecule has 0 aromatic heterocycles. The summed E-state index contributed by atoms with van der Waals surface area (Å²) in [6.07, 6.45) is 6.98. The first-order valence-corrected chi connectivity index (χ1v) is 4.77. The number of carbonyl (C=O) groups excluding carboxylic acids is 1. The second-order valence-corrected chi connectivity index (χ2v) is 3.32. The van der Waals surface area contributed by atoms with Crippen molar-refractivity contribution >= 4 is 5.97 Å². The molecule has 1 rings (SSSR count). The molecule has 0 radical (unpaired) electrons. The Morgan fingerprint density at radius 1 is 1.62 bits per heavy atom. The highest BCUT2D eigenvalue weighted by molar-refractivity contribution is 5.83. The van der Waals surface area contributed by atoms with Crippen LogP contribution in [0.15, 0.2) is 23.3 Å². The van der Waals surface area contributed by atoms with Crippen LogP contribution in [0.2, 0.25) is 0 Å². The summed E-state index contributed by atoms with van der Waals surface area (Å²) in [5.74, 6) is -0.219. The highest BCUT2D eigenvalue weighted by Gasteiger charge is 2.05. The molecule has 0 N–H and O–H groups in total. The number of hydrogen-bond acceptors (Lipinski definition) is 2. The van der Waals surface area contributed by atoms with Crippen molar-refractivity contribution in [2.24, 2.45) is 0 Å². The van der Waals surface area contributed by atoms with Crippen LogP contribution in [0, 0.1) is 0 Å². The van der Waals surface area contributed by atoms with Crippen LogP contribution in [0.5, 0.6) is 0 Å². The molecule has 2 heteroatoms. The summed E-state index contributed by atoms with van der Waals surface area (Å²) < 4.78 is 4.84. The Labute approximate surface area is 79.3 Å². The largest absolute Gasteiger partial charge is 0.463 e. The molecular formula is C11H16O2. The summed E-state index contributed by atoms with van der Waals surface area (Å²) in [6, 6.07) is 0. The molecule has 0 unspecified atom stereocenters. The normalized spacial score (nSPS) is 19.8. The number of esters is 1. The molecule has 2 nitrogen and oxygen atoms in total. The van der Waals surface area contributed by atoms with Crippen LogP contribution in [-0.2, 0) is 9.53 Å². The molecule has 0 aromatic rings. The smallest absolute Gasteiger partial charge is 0.331 e. The van der Waals surface area contributed by atoms with Crippen molar-refractivity contribution in [2.45, 2.75) is 33.1 Å². The minimum Gasteiger partial charge on any atom is -0.463 e. The Balaban J connectivity index is 2.60. The molecule has 0 saturated heterocycles. The average molecular weight is 180 g/mol. The monoisotopic (exact) mass is 180 g/mol. The van der Waals surface area contributed by atoms with Crippen LogP contribution in [0.4, 0.5) is 0 Å². The van der Waals surface area contributed by atoms with Gasteiger partial charge in [-0.15, -0.1) is 0 Å². The molecule has 0 aromatic carbocycles. The summed E-state index contributed by atoms with van der Waals surface area (Å²) in [4.78, 5) is 11.1. The van der Waals surface area contributed by atoms with Crippen molar-refractivity contribution in [3.05, 3.63) is 23.3 Å². The Morgan fingerprint density at radius 3 is 3.00 bits per heavy atom. The number of hydrogen-bond donors (Lipinski definition) is 0. The lowest BCUT2D eigenvalue weighted by atomic mass is 9.96. The summed E-state index contributed by atoms with van der Waals surface area (Å²) in [5, 5.41) is 0. The van der Waals surface area contributed by atoms with Gasteiger partial charge in [0.25, 0.3) is 0 Å². The Morgan fingerprint density at radius 2 is 2.38 bits per heavy atom. The van der Waals surface area contributed by atoms with Crippen molar-refractivity contribution in [1.29, 1.82) is 0 Å². The van der Waals surface area contributed by atoms with Gasteiger partial charge in [-0.25, -0.2) is 4.79 Å². The minimum absolute atomic E-state index is 0.219. The summed E-state index contributed by atoms with van der Waals surface area (Å²) in [6.45, 7) is 4.36. The van der Waals surface area contributed by atoms with E-state index in [2.05, 4.69) is 13.0 Å². The summed E-state index contributed by atoms with van der Waals surface area (Å²) in [7, 11) is 0. The third kappa shape index (κ3) is 3.45. The highest BCUT2D eigenvalue weighted by Crippen LogP contribution is 2.21. The lowest BCUT2D eigenvalue weighted by Gasteiger charge is -2.11. The topological polar surface area (TPSA) is 26.3 Å². The van der Waals surface area contributed by atoms with E-state index in [1.165, 1.54) is 5.57 Å². The van der Waals surface area contributed by atoms with Gasteiger partial charge in [0.1, 0.15) is 0 Å². The Kier molecular flexibility index (Phi) is 3.74. The van der Waals surface area contributed by atoms with Crippen LogP contribution in [0.25, 0.3) is 0 Å². The number of carbonyl (C=O) groups is 1. The van der Waals surface area contributed by atoms with E-state index >= 15 is 0 Å². The first-order chi connectivity index (χ1) is 6.22. The molecule has 0 spiro atoms. The number of ether oxygens (including phenoxy) is 1. The third-order valence-electron chi connectivity index (χ3n) is 2.06.